The van der Waals surface area contributed by atoms with Gasteiger partial charge in [0.15, 0.2) is 5.60 Å². The molecule has 44 heavy (non-hydrogen) atoms. The van der Waals surface area contributed by atoms with E-state index in [1.165, 1.54) is 5.19 Å². The highest BCUT2D eigenvalue weighted by Crippen LogP contribution is 2.60. The fourth-order valence-electron chi connectivity index (χ4n) is 7.68. The standard InChI is InChI=1S/C34H40BrN3O5Si/c1-22-32(44(3,4)27-12-10-26(42-2)11-13-27)30(15-18-39)43-34(22)28-19-24(35)7-14-29(28)38(33(34)41)21-23-5-8-25(9-6-23)37-17-16-36-20-31(37)40/h5-14,19,22,30,32,36,39H,15-18,20-21H2,1-4H3/t22-,30+,32-,34+/m0/s1. The summed E-state index contributed by atoms with van der Waals surface area (Å²) in [6.45, 7) is 8.95. The molecule has 0 unspecified atom stereocenters. The molecule has 6 rings (SSSR count). The van der Waals surface area contributed by atoms with Gasteiger partial charge in [0.05, 0.1) is 40.1 Å². The molecule has 0 bridgehead atoms. The van der Waals surface area contributed by atoms with Gasteiger partial charge < -0.3 is 29.7 Å². The van der Waals surface area contributed by atoms with Crippen molar-refractivity contribution in [3.8, 4) is 5.75 Å². The van der Waals surface area contributed by atoms with Crippen molar-refractivity contribution < 1.29 is 24.2 Å². The number of hydrogen-bond acceptors (Lipinski definition) is 6. The third-order valence-electron chi connectivity index (χ3n) is 9.89. The van der Waals surface area contributed by atoms with E-state index in [4.69, 9.17) is 9.47 Å². The monoisotopic (exact) mass is 677 g/mol. The second-order valence-corrected chi connectivity index (χ2v) is 18.2. The summed E-state index contributed by atoms with van der Waals surface area (Å²) in [6, 6.07) is 22.2. The lowest BCUT2D eigenvalue weighted by atomic mass is 9.82. The normalized spacial score (nSPS) is 25.2. The third-order valence-corrected chi connectivity index (χ3v) is 14.7. The number of aliphatic hydroxyl groups is 1. The number of carbonyl (C=O) groups excluding carboxylic acids is 2. The lowest BCUT2D eigenvalue weighted by Gasteiger charge is -2.37. The van der Waals surface area contributed by atoms with Gasteiger partial charge in [-0.25, -0.2) is 0 Å². The highest BCUT2D eigenvalue weighted by Gasteiger charge is 2.66. The van der Waals surface area contributed by atoms with E-state index in [9.17, 15) is 14.7 Å². The molecule has 8 nitrogen and oxygen atoms in total. The Morgan fingerprint density at radius 2 is 1.82 bits per heavy atom. The molecule has 3 heterocycles. The van der Waals surface area contributed by atoms with E-state index in [0.29, 0.717) is 26.1 Å². The molecule has 2 saturated heterocycles. The summed E-state index contributed by atoms with van der Waals surface area (Å²) in [5, 5.41) is 14.5. The molecule has 0 saturated carbocycles. The molecule has 2 amide bonds. The van der Waals surface area contributed by atoms with Crippen LogP contribution in [-0.4, -0.2) is 64.4 Å². The maximum absolute atomic E-state index is 14.8. The summed E-state index contributed by atoms with van der Waals surface area (Å²) < 4.78 is 13.3. The fraction of sp³-hybridized carbons (Fsp3) is 0.412. The van der Waals surface area contributed by atoms with Crippen molar-refractivity contribution in [2.75, 3.05) is 43.2 Å². The van der Waals surface area contributed by atoms with Crippen LogP contribution in [0.1, 0.15) is 24.5 Å². The topological polar surface area (TPSA) is 91.3 Å². The van der Waals surface area contributed by atoms with Crippen molar-refractivity contribution in [2.24, 2.45) is 5.92 Å². The van der Waals surface area contributed by atoms with E-state index in [2.05, 4.69) is 53.4 Å². The minimum Gasteiger partial charge on any atom is -0.497 e. The number of ether oxygens (including phenoxy) is 2. The van der Waals surface area contributed by atoms with Crippen molar-refractivity contribution in [3.05, 3.63) is 82.3 Å². The Labute approximate surface area is 268 Å². The largest absolute Gasteiger partial charge is 0.497 e. The van der Waals surface area contributed by atoms with Crippen LogP contribution in [0.3, 0.4) is 0 Å². The number of benzene rings is 3. The number of hydrogen-bond donors (Lipinski definition) is 2. The molecule has 0 aliphatic carbocycles. The zero-order chi connectivity index (χ0) is 31.2. The Balaban J connectivity index is 1.35. The molecule has 1 spiro atoms. The molecule has 232 valence electrons. The number of carbonyl (C=O) groups is 2. The molecule has 3 aromatic rings. The first-order valence-electron chi connectivity index (χ1n) is 15.3. The van der Waals surface area contributed by atoms with Crippen LogP contribution >= 0.6 is 15.9 Å². The number of anilines is 2. The van der Waals surface area contributed by atoms with Crippen LogP contribution < -0.4 is 25.0 Å². The Morgan fingerprint density at radius 3 is 2.48 bits per heavy atom. The first-order valence-corrected chi connectivity index (χ1v) is 19.1. The van der Waals surface area contributed by atoms with Gasteiger partial charge >= 0.3 is 0 Å². The van der Waals surface area contributed by atoms with Crippen LogP contribution in [0.25, 0.3) is 0 Å². The number of fused-ring (bicyclic) bond motifs is 2. The lowest BCUT2D eigenvalue weighted by molar-refractivity contribution is -0.146. The summed E-state index contributed by atoms with van der Waals surface area (Å²) in [5.74, 6) is 0.671. The van der Waals surface area contributed by atoms with Crippen LogP contribution in [0, 0.1) is 5.92 Å². The molecule has 2 N–H and O–H groups in total. The Kier molecular flexibility index (Phi) is 8.49. The van der Waals surface area contributed by atoms with E-state index in [1.54, 1.807) is 12.0 Å². The Bertz CT molecular complexity index is 1550. The molecule has 4 atom stereocenters. The third kappa shape index (κ3) is 5.10. The minimum absolute atomic E-state index is 0.0117. The summed E-state index contributed by atoms with van der Waals surface area (Å²) in [5.41, 5.74) is 2.47. The van der Waals surface area contributed by atoms with Gasteiger partial charge in [-0.15, -0.1) is 0 Å². The van der Waals surface area contributed by atoms with Gasteiger partial charge in [-0.2, -0.15) is 0 Å². The molecular formula is C34H40BrN3O5Si. The number of rotatable bonds is 8. The van der Waals surface area contributed by atoms with E-state index in [1.807, 2.05) is 59.5 Å². The zero-order valence-electron chi connectivity index (χ0n) is 25.7. The van der Waals surface area contributed by atoms with Crippen molar-refractivity contribution in [1.29, 1.82) is 0 Å². The van der Waals surface area contributed by atoms with Crippen molar-refractivity contribution in [2.45, 2.75) is 50.2 Å². The summed E-state index contributed by atoms with van der Waals surface area (Å²) in [7, 11) is -0.572. The predicted molar refractivity (Wildman–Crippen MR) is 178 cm³/mol. The van der Waals surface area contributed by atoms with E-state index in [0.717, 1.165) is 39.3 Å². The highest BCUT2D eigenvalue weighted by molar-refractivity contribution is 9.10. The number of nitrogens with zero attached hydrogens (tertiary/aromatic N) is 2. The first kappa shape index (κ1) is 31.0. The molecule has 0 radical (unpaired) electrons. The number of piperazine rings is 1. The van der Waals surface area contributed by atoms with Crippen LogP contribution in [-0.2, 0) is 26.5 Å². The van der Waals surface area contributed by atoms with Gasteiger partial charge in [-0.05, 0) is 60.0 Å². The average Bonchev–Trinajstić information content (AvgIpc) is 3.44. The van der Waals surface area contributed by atoms with Gasteiger partial charge in [0, 0.05) is 41.3 Å². The van der Waals surface area contributed by atoms with Gasteiger partial charge in [-0.1, -0.05) is 65.4 Å². The Morgan fingerprint density at radius 1 is 1.09 bits per heavy atom. The second-order valence-electron chi connectivity index (χ2n) is 12.6. The van der Waals surface area contributed by atoms with Gasteiger partial charge in [0.2, 0.25) is 5.91 Å². The van der Waals surface area contributed by atoms with Gasteiger partial charge in [0.25, 0.3) is 5.91 Å². The van der Waals surface area contributed by atoms with Crippen LogP contribution in [0.4, 0.5) is 11.4 Å². The minimum atomic E-state index is -2.24. The fourth-order valence-corrected chi connectivity index (χ4v) is 12.1. The van der Waals surface area contributed by atoms with E-state index >= 15 is 0 Å². The van der Waals surface area contributed by atoms with Gasteiger partial charge in [-0.3, -0.25) is 9.59 Å². The number of aliphatic hydroxyl groups excluding tert-OH is 1. The quantitative estimate of drug-likeness (QED) is 0.341. The molecule has 0 aromatic heterocycles. The first-order chi connectivity index (χ1) is 21.1. The maximum Gasteiger partial charge on any atom is 0.264 e. The van der Waals surface area contributed by atoms with Crippen LogP contribution in [0.15, 0.2) is 71.2 Å². The summed E-state index contributed by atoms with van der Waals surface area (Å²) in [4.78, 5) is 30.8. The smallest absolute Gasteiger partial charge is 0.264 e. The maximum atomic E-state index is 14.8. The highest BCUT2D eigenvalue weighted by atomic mass is 79.9. The SMILES string of the molecule is COc1ccc([Si](C)(C)[C@@H]2[C@@H](CCO)O[C@]3(C(=O)N(Cc4ccc(N5CCNCC5=O)cc4)c4ccc(Br)cc43)[C@H]2C)cc1. The van der Waals surface area contributed by atoms with E-state index in [-0.39, 0.29) is 36.0 Å². The number of halogens is 1. The zero-order valence-corrected chi connectivity index (χ0v) is 28.3. The molecule has 3 aromatic carbocycles. The number of nitrogens with one attached hydrogen (secondary N) is 1. The summed E-state index contributed by atoms with van der Waals surface area (Å²) >= 11 is 3.66. The molecule has 2 fully saturated rings. The van der Waals surface area contributed by atoms with Crippen molar-refractivity contribution >= 4 is 52.4 Å². The van der Waals surface area contributed by atoms with Crippen molar-refractivity contribution in [3.63, 3.8) is 0 Å². The number of methoxy groups -OCH3 is 1. The molecule has 3 aliphatic rings. The van der Waals surface area contributed by atoms with Crippen molar-refractivity contribution in [1.82, 2.24) is 5.32 Å². The molecule has 10 heteroatoms. The van der Waals surface area contributed by atoms with E-state index < -0.39 is 13.7 Å². The van der Waals surface area contributed by atoms with Crippen LogP contribution in [0.2, 0.25) is 18.6 Å². The summed E-state index contributed by atoms with van der Waals surface area (Å²) in [6.07, 6.45) is 0.192. The molecular weight excluding hydrogens is 638 g/mol. The van der Waals surface area contributed by atoms with Crippen LogP contribution in [0.5, 0.6) is 5.75 Å². The Hall–Kier alpha value is -3.02. The lowest BCUT2D eigenvalue weighted by Crippen LogP contribution is -2.51. The predicted octanol–water partition coefficient (Wildman–Crippen LogP) is 4.54. The average molecular weight is 679 g/mol. The molecule has 3 aliphatic heterocycles. The van der Waals surface area contributed by atoms with Gasteiger partial charge in [0.1, 0.15) is 5.75 Å². The number of amides is 2. The second kappa shape index (κ2) is 12.1.